The van der Waals surface area contributed by atoms with Gasteiger partial charge in [0.2, 0.25) is 5.91 Å². The Hall–Kier alpha value is -0.860. The predicted molar refractivity (Wildman–Crippen MR) is 44.3 cm³/mol. The van der Waals surface area contributed by atoms with Gasteiger partial charge >= 0.3 is 0 Å². The van der Waals surface area contributed by atoms with Gasteiger partial charge in [-0.2, -0.15) is 5.10 Å². The van der Waals surface area contributed by atoms with E-state index in [1.54, 1.807) is 6.21 Å². The number of hydrazone groups is 1. The Labute approximate surface area is 66.9 Å². The van der Waals surface area contributed by atoms with Crippen molar-refractivity contribution in [2.24, 2.45) is 11.0 Å². The topological polar surface area (TPSA) is 41.5 Å². The van der Waals surface area contributed by atoms with Gasteiger partial charge in [-0.15, -0.1) is 0 Å². The minimum Gasteiger partial charge on any atom is -0.272 e. The van der Waals surface area contributed by atoms with Crippen LogP contribution < -0.4 is 5.43 Å². The zero-order chi connectivity index (χ0) is 8.10. The van der Waals surface area contributed by atoms with Gasteiger partial charge in [0.1, 0.15) is 0 Å². The molecule has 1 atom stereocenters. The number of nitrogens with zero attached hydrogens (tertiary/aromatic N) is 1. The van der Waals surface area contributed by atoms with Crippen molar-refractivity contribution in [3.05, 3.63) is 0 Å². The van der Waals surface area contributed by atoms with E-state index in [0.29, 0.717) is 0 Å². The van der Waals surface area contributed by atoms with Gasteiger partial charge < -0.3 is 0 Å². The van der Waals surface area contributed by atoms with Crippen LogP contribution in [0.4, 0.5) is 0 Å². The molecular formula is C8H14N2O. The van der Waals surface area contributed by atoms with Crippen molar-refractivity contribution in [2.75, 3.05) is 0 Å². The van der Waals surface area contributed by atoms with Crippen molar-refractivity contribution in [3.63, 3.8) is 0 Å². The van der Waals surface area contributed by atoms with Gasteiger partial charge in [-0.3, -0.25) is 4.79 Å². The van der Waals surface area contributed by atoms with E-state index >= 15 is 0 Å². The highest BCUT2D eigenvalue weighted by Gasteiger charge is 2.19. The van der Waals surface area contributed by atoms with E-state index in [2.05, 4.69) is 17.5 Å². The molecule has 1 aliphatic rings. The van der Waals surface area contributed by atoms with Crippen LogP contribution in [0.1, 0.15) is 32.6 Å². The third-order valence-corrected chi connectivity index (χ3v) is 1.88. The van der Waals surface area contributed by atoms with E-state index in [0.717, 1.165) is 12.8 Å². The Bertz CT molecular complexity index is 165. The fourth-order valence-electron chi connectivity index (χ4n) is 1.16. The summed E-state index contributed by atoms with van der Waals surface area (Å²) in [5.74, 6) is 0.0997. The first-order chi connectivity index (χ1) is 5.34. The summed E-state index contributed by atoms with van der Waals surface area (Å²) in [6.45, 7) is 2.16. The number of hydrogen-bond acceptors (Lipinski definition) is 2. The fraction of sp³-hybridized carbons (Fsp3) is 0.750. The summed E-state index contributed by atoms with van der Waals surface area (Å²) in [7, 11) is 0. The molecule has 0 aromatic carbocycles. The molecule has 1 aliphatic heterocycles. The first-order valence-electron chi connectivity index (χ1n) is 4.17. The van der Waals surface area contributed by atoms with Gasteiger partial charge in [0.25, 0.3) is 0 Å². The number of hydrogen-bond donors (Lipinski definition) is 1. The van der Waals surface area contributed by atoms with Crippen molar-refractivity contribution in [1.29, 1.82) is 0 Å². The molecule has 0 aromatic heterocycles. The Balaban J connectivity index is 2.15. The SMILES string of the molecule is CCCCCC1C=NNC1=O. The van der Waals surface area contributed by atoms with Crippen molar-refractivity contribution in [2.45, 2.75) is 32.6 Å². The van der Waals surface area contributed by atoms with Crippen LogP contribution in [0.3, 0.4) is 0 Å². The molecule has 1 rings (SSSR count). The number of carbonyl (C=O) groups excluding carboxylic acids is 1. The molecule has 1 heterocycles. The predicted octanol–water partition coefficient (Wildman–Crippen LogP) is 1.30. The largest absolute Gasteiger partial charge is 0.272 e. The molecule has 62 valence electrons. The summed E-state index contributed by atoms with van der Waals surface area (Å²) < 4.78 is 0. The quantitative estimate of drug-likeness (QED) is 0.609. The smallest absolute Gasteiger partial charge is 0.248 e. The molecule has 0 radical (unpaired) electrons. The van der Waals surface area contributed by atoms with Crippen LogP contribution in [0.5, 0.6) is 0 Å². The Morgan fingerprint density at radius 1 is 1.64 bits per heavy atom. The van der Waals surface area contributed by atoms with Gasteiger partial charge in [0.15, 0.2) is 0 Å². The minimum absolute atomic E-state index is 0.0431. The highest BCUT2D eigenvalue weighted by atomic mass is 16.2. The second-order valence-electron chi connectivity index (χ2n) is 2.86. The Morgan fingerprint density at radius 2 is 2.45 bits per heavy atom. The van der Waals surface area contributed by atoms with Crippen LogP contribution in [-0.2, 0) is 4.79 Å². The molecule has 0 aliphatic carbocycles. The molecule has 1 unspecified atom stereocenters. The highest BCUT2D eigenvalue weighted by molar-refractivity contribution is 5.97. The van der Waals surface area contributed by atoms with Crippen LogP contribution in [-0.4, -0.2) is 12.1 Å². The average molecular weight is 154 g/mol. The molecule has 3 nitrogen and oxygen atoms in total. The van der Waals surface area contributed by atoms with E-state index < -0.39 is 0 Å². The number of rotatable bonds is 4. The van der Waals surface area contributed by atoms with Crippen molar-refractivity contribution < 1.29 is 4.79 Å². The lowest BCUT2D eigenvalue weighted by atomic mass is 10.0. The lowest BCUT2D eigenvalue weighted by molar-refractivity contribution is -0.122. The van der Waals surface area contributed by atoms with Crippen LogP contribution in [0.15, 0.2) is 5.10 Å². The van der Waals surface area contributed by atoms with Gasteiger partial charge in [-0.05, 0) is 6.42 Å². The Kier molecular flexibility index (Phi) is 3.08. The normalized spacial score (nSPS) is 22.3. The minimum atomic E-state index is 0.0431. The molecule has 11 heavy (non-hydrogen) atoms. The summed E-state index contributed by atoms with van der Waals surface area (Å²) in [5.41, 5.74) is 2.43. The van der Waals surface area contributed by atoms with Crippen LogP contribution in [0.25, 0.3) is 0 Å². The van der Waals surface area contributed by atoms with E-state index in [9.17, 15) is 4.79 Å². The van der Waals surface area contributed by atoms with E-state index in [-0.39, 0.29) is 11.8 Å². The van der Waals surface area contributed by atoms with Gasteiger partial charge in [-0.1, -0.05) is 26.2 Å². The third kappa shape index (κ3) is 2.33. The first-order valence-corrected chi connectivity index (χ1v) is 4.17. The summed E-state index contributed by atoms with van der Waals surface area (Å²) in [5, 5.41) is 3.70. The number of unbranched alkanes of at least 4 members (excludes halogenated alkanes) is 2. The molecule has 0 saturated carbocycles. The molecule has 0 aromatic rings. The van der Waals surface area contributed by atoms with Crippen LogP contribution in [0.2, 0.25) is 0 Å². The number of carbonyl (C=O) groups is 1. The average Bonchev–Trinajstić information content (AvgIpc) is 2.37. The third-order valence-electron chi connectivity index (χ3n) is 1.88. The maximum absolute atomic E-state index is 10.9. The van der Waals surface area contributed by atoms with Gasteiger partial charge in [0.05, 0.1) is 5.92 Å². The monoisotopic (exact) mass is 154 g/mol. The summed E-state index contributed by atoms with van der Waals surface area (Å²) in [6.07, 6.45) is 6.19. The maximum Gasteiger partial charge on any atom is 0.248 e. The molecule has 1 N–H and O–H groups in total. The molecule has 0 fully saturated rings. The Morgan fingerprint density at radius 3 is 3.00 bits per heavy atom. The molecule has 3 heteroatoms. The first kappa shape index (κ1) is 8.24. The summed E-state index contributed by atoms with van der Waals surface area (Å²) in [4.78, 5) is 10.9. The zero-order valence-electron chi connectivity index (χ0n) is 6.84. The summed E-state index contributed by atoms with van der Waals surface area (Å²) >= 11 is 0. The number of amides is 1. The lowest BCUT2D eigenvalue weighted by Gasteiger charge is -2.01. The molecule has 0 spiro atoms. The van der Waals surface area contributed by atoms with Crippen molar-refractivity contribution in [3.8, 4) is 0 Å². The van der Waals surface area contributed by atoms with E-state index in [1.807, 2.05) is 0 Å². The standard InChI is InChI=1S/C8H14N2O/c1-2-3-4-5-7-6-9-10-8(7)11/h6-7H,2-5H2,1H3,(H,10,11). The van der Waals surface area contributed by atoms with E-state index in [1.165, 1.54) is 12.8 Å². The lowest BCUT2D eigenvalue weighted by Crippen LogP contribution is -2.19. The van der Waals surface area contributed by atoms with Crippen molar-refractivity contribution in [1.82, 2.24) is 5.43 Å². The zero-order valence-corrected chi connectivity index (χ0v) is 6.84. The fourth-order valence-corrected chi connectivity index (χ4v) is 1.16. The summed E-state index contributed by atoms with van der Waals surface area (Å²) in [6, 6.07) is 0. The second kappa shape index (κ2) is 4.11. The van der Waals surface area contributed by atoms with E-state index in [4.69, 9.17) is 0 Å². The van der Waals surface area contributed by atoms with Crippen LogP contribution >= 0.6 is 0 Å². The molecule has 0 saturated heterocycles. The number of nitrogens with one attached hydrogen (secondary N) is 1. The van der Waals surface area contributed by atoms with Gasteiger partial charge in [0, 0.05) is 6.21 Å². The highest BCUT2D eigenvalue weighted by Crippen LogP contribution is 2.10. The molecular weight excluding hydrogens is 140 g/mol. The molecule has 1 amide bonds. The maximum atomic E-state index is 10.9. The second-order valence-corrected chi connectivity index (χ2v) is 2.86. The van der Waals surface area contributed by atoms with Crippen molar-refractivity contribution >= 4 is 12.1 Å². The van der Waals surface area contributed by atoms with Crippen LogP contribution in [0, 0.1) is 5.92 Å². The molecule has 0 bridgehead atoms. The van der Waals surface area contributed by atoms with Gasteiger partial charge in [-0.25, -0.2) is 5.43 Å².